The van der Waals surface area contributed by atoms with Crippen molar-refractivity contribution in [3.8, 4) is 5.69 Å². The van der Waals surface area contributed by atoms with E-state index in [1.54, 1.807) is 4.68 Å². The van der Waals surface area contributed by atoms with E-state index in [2.05, 4.69) is 15.5 Å². The number of aromatic nitrogens is 4. The number of rotatable bonds is 5. The summed E-state index contributed by atoms with van der Waals surface area (Å²) < 4.78 is 1.76. The first-order chi connectivity index (χ1) is 14.1. The molecule has 0 radical (unpaired) electrons. The molecular formula is C22H25N5OS. The average molecular weight is 408 g/mol. The molecule has 1 aliphatic heterocycles. The van der Waals surface area contributed by atoms with Crippen molar-refractivity contribution >= 4 is 17.7 Å². The second-order valence-corrected chi connectivity index (χ2v) is 8.48. The van der Waals surface area contributed by atoms with Crippen LogP contribution >= 0.6 is 11.8 Å². The quantitative estimate of drug-likeness (QED) is 0.595. The number of carbonyl (C=O) groups is 1. The first-order valence-electron chi connectivity index (χ1n) is 10.0. The van der Waals surface area contributed by atoms with Crippen LogP contribution in [-0.2, 0) is 4.79 Å². The molecule has 0 aliphatic carbocycles. The second kappa shape index (κ2) is 8.78. The maximum absolute atomic E-state index is 13.4. The fraction of sp³-hybridized carbons (Fsp3) is 0.364. The van der Waals surface area contributed by atoms with Gasteiger partial charge in [-0.15, -0.1) is 5.10 Å². The predicted molar refractivity (Wildman–Crippen MR) is 114 cm³/mol. The molecular weight excluding hydrogens is 382 g/mol. The van der Waals surface area contributed by atoms with Crippen LogP contribution in [0.25, 0.3) is 5.69 Å². The van der Waals surface area contributed by atoms with Crippen LogP contribution in [-0.4, -0.2) is 44.1 Å². The molecule has 7 heteroatoms. The Morgan fingerprint density at radius 2 is 1.66 bits per heavy atom. The highest BCUT2D eigenvalue weighted by Crippen LogP contribution is 2.37. The van der Waals surface area contributed by atoms with Gasteiger partial charge in [-0.05, 0) is 60.2 Å². The van der Waals surface area contributed by atoms with E-state index in [4.69, 9.17) is 0 Å². The summed E-state index contributed by atoms with van der Waals surface area (Å²) in [6, 6.07) is 16.1. The van der Waals surface area contributed by atoms with Crippen LogP contribution in [0.3, 0.4) is 0 Å². The average Bonchev–Trinajstić information content (AvgIpc) is 3.20. The zero-order chi connectivity index (χ0) is 20.2. The summed E-state index contributed by atoms with van der Waals surface area (Å²) in [6.07, 6.45) is 3.33. The van der Waals surface area contributed by atoms with Crippen LogP contribution in [0.4, 0.5) is 0 Å². The molecule has 29 heavy (non-hydrogen) atoms. The van der Waals surface area contributed by atoms with Gasteiger partial charge in [-0.25, -0.2) is 0 Å². The minimum Gasteiger partial charge on any atom is -0.341 e. The number of amides is 1. The highest BCUT2D eigenvalue weighted by atomic mass is 32.2. The number of hydrogen-bond donors (Lipinski definition) is 0. The third kappa shape index (κ3) is 4.19. The van der Waals surface area contributed by atoms with Crippen molar-refractivity contribution in [2.45, 2.75) is 43.5 Å². The Labute approximate surface area is 175 Å². The molecule has 0 N–H and O–H groups in total. The topological polar surface area (TPSA) is 63.9 Å². The van der Waals surface area contributed by atoms with Gasteiger partial charge >= 0.3 is 0 Å². The van der Waals surface area contributed by atoms with Crippen molar-refractivity contribution in [1.82, 2.24) is 25.1 Å². The van der Waals surface area contributed by atoms with Gasteiger partial charge < -0.3 is 4.90 Å². The summed E-state index contributed by atoms with van der Waals surface area (Å²) in [4.78, 5) is 15.4. The number of aryl methyl sites for hydroxylation is 2. The summed E-state index contributed by atoms with van der Waals surface area (Å²) >= 11 is 1.42. The molecule has 1 atom stereocenters. The van der Waals surface area contributed by atoms with Crippen molar-refractivity contribution in [2.75, 3.05) is 13.1 Å². The van der Waals surface area contributed by atoms with Gasteiger partial charge in [-0.2, -0.15) is 4.68 Å². The summed E-state index contributed by atoms with van der Waals surface area (Å²) in [6.45, 7) is 5.74. The SMILES string of the molecule is Cc1cccc(C)c1-n1nnnc1S[C@@H](C(=O)N1CCCCC1)c1ccccc1. The van der Waals surface area contributed by atoms with Gasteiger partial charge in [0, 0.05) is 13.1 Å². The van der Waals surface area contributed by atoms with Crippen LogP contribution in [0.15, 0.2) is 53.7 Å². The lowest BCUT2D eigenvalue weighted by molar-refractivity contribution is -0.131. The maximum atomic E-state index is 13.4. The lowest BCUT2D eigenvalue weighted by Crippen LogP contribution is -2.38. The summed E-state index contributed by atoms with van der Waals surface area (Å²) in [5, 5.41) is 12.7. The Morgan fingerprint density at radius 3 is 2.34 bits per heavy atom. The number of benzene rings is 2. The van der Waals surface area contributed by atoms with Gasteiger partial charge in [-0.1, -0.05) is 60.3 Å². The first-order valence-corrected chi connectivity index (χ1v) is 10.9. The lowest BCUT2D eigenvalue weighted by Gasteiger charge is -2.30. The van der Waals surface area contributed by atoms with Crippen molar-refractivity contribution in [2.24, 2.45) is 0 Å². The Balaban J connectivity index is 1.69. The zero-order valence-electron chi connectivity index (χ0n) is 16.8. The molecule has 4 rings (SSSR count). The Hall–Kier alpha value is -2.67. The van der Waals surface area contributed by atoms with E-state index in [9.17, 15) is 4.79 Å². The van der Waals surface area contributed by atoms with Crippen LogP contribution < -0.4 is 0 Å². The van der Waals surface area contributed by atoms with Gasteiger partial charge in [0.15, 0.2) is 0 Å². The maximum Gasteiger partial charge on any atom is 0.240 e. The molecule has 1 saturated heterocycles. The minimum atomic E-state index is -0.372. The molecule has 3 aromatic rings. The molecule has 150 valence electrons. The number of nitrogens with zero attached hydrogens (tertiary/aromatic N) is 5. The normalized spacial score (nSPS) is 15.3. The molecule has 2 heterocycles. The molecule has 2 aromatic carbocycles. The van der Waals surface area contributed by atoms with Crippen LogP contribution in [0, 0.1) is 13.8 Å². The summed E-state index contributed by atoms with van der Waals surface area (Å²) in [5.41, 5.74) is 4.14. The molecule has 0 bridgehead atoms. The van der Waals surface area contributed by atoms with Gasteiger partial charge in [0.2, 0.25) is 11.1 Å². The van der Waals surface area contributed by atoms with Crippen molar-refractivity contribution in [1.29, 1.82) is 0 Å². The van der Waals surface area contributed by atoms with E-state index in [0.717, 1.165) is 48.3 Å². The Morgan fingerprint density at radius 1 is 0.966 bits per heavy atom. The van der Waals surface area contributed by atoms with Crippen molar-refractivity contribution in [3.63, 3.8) is 0 Å². The second-order valence-electron chi connectivity index (χ2n) is 7.41. The number of piperidine rings is 1. The van der Waals surface area contributed by atoms with Crippen LogP contribution in [0.1, 0.15) is 41.2 Å². The lowest BCUT2D eigenvalue weighted by atomic mass is 10.1. The van der Waals surface area contributed by atoms with E-state index in [1.165, 1.54) is 18.2 Å². The molecule has 1 aliphatic rings. The zero-order valence-corrected chi connectivity index (χ0v) is 17.6. The molecule has 6 nitrogen and oxygen atoms in total. The first kappa shape index (κ1) is 19.6. The largest absolute Gasteiger partial charge is 0.341 e. The molecule has 1 amide bonds. The number of thioether (sulfide) groups is 1. The monoisotopic (exact) mass is 407 g/mol. The van der Waals surface area contributed by atoms with Crippen molar-refractivity contribution in [3.05, 3.63) is 65.2 Å². The number of tetrazole rings is 1. The van der Waals surface area contributed by atoms with Gasteiger partial charge in [-0.3, -0.25) is 4.79 Å². The summed E-state index contributed by atoms with van der Waals surface area (Å²) in [5.74, 6) is 0.136. The standard InChI is InChI=1S/C22H25N5OS/c1-16-10-9-11-17(2)19(16)27-22(23-24-25-27)29-20(18-12-5-3-6-13-18)21(28)26-14-7-4-8-15-26/h3,5-6,9-13,20H,4,7-8,14-15H2,1-2H3/t20-/m1/s1. The van der Waals surface area contributed by atoms with Gasteiger partial charge in [0.1, 0.15) is 5.25 Å². The highest BCUT2D eigenvalue weighted by molar-refractivity contribution is 8.00. The number of para-hydroxylation sites is 1. The number of likely N-dealkylation sites (tertiary alicyclic amines) is 1. The molecule has 0 saturated carbocycles. The molecule has 0 spiro atoms. The smallest absolute Gasteiger partial charge is 0.240 e. The highest BCUT2D eigenvalue weighted by Gasteiger charge is 2.30. The third-order valence-electron chi connectivity index (χ3n) is 5.31. The van der Waals surface area contributed by atoms with E-state index in [-0.39, 0.29) is 11.2 Å². The van der Waals surface area contributed by atoms with Gasteiger partial charge in [0.25, 0.3) is 0 Å². The fourth-order valence-corrected chi connectivity index (χ4v) is 4.87. The van der Waals surface area contributed by atoms with E-state index in [1.807, 2.05) is 67.3 Å². The number of carbonyl (C=O) groups excluding carboxylic acids is 1. The summed E-state index contributed by atoms with van der Waals surface area (Å²) in [7, 11) is 0. The van der Waals surface area contributed by atoms with Crippen molar-refractivity contribution < 1.29 is 4.79 Å². The number of hydrogen-bond acceptors (Lipinski definition) is 5. The van der Waals surface area contributed by atoms with Crippen LogP contribution in [0.5, 0.6) is 0 Å². The minimum absolute atomic E-state index is 0.136. The van der Waals surface area contributed by atoms with E-state index >= 15 is 0 Å². The van der Waals surface area contributed by atoms with E-state index < -0.39 is 0 Å². The van der Waals surface area contributed by atoms with Gasteiger partial charge in [0.05, 0.1) is 5.69 Å². The van der Waals surface area contributed by atoms with E-state index in [0.29, 0.717) is 5.16 Å². The molecule has 1 aromatic heterocycles. The Bertz CT molecular complexity index is 962. The van der Waals surface area contributed by atoms with Crippen LogP contribution in [0.2, 0.25) is 0 Å². The molecule has 0 unspecified atom stereocenters. The predicted octanol–water partition coefficient (Wildman–Crippen LogP) is 4.13. The third-order valence-corrected chi connectivity index (χ3v) is 6.48. The Kier molecular flexibility index (Phi) is 5.94. The fourth-order valence-electron chi connectivity index (χ4n) is 3.81. The molecule has 1 fully saturated rings.